The lowest BCUT2D eigenvalue weighted by Crippen LogP contribution is -2.40. The molecule has 1 fully saturated rings. The van der Waals surface area contributed by atoms with Crippen LogP contribution >= 0.6 is 22.9 Å². The molecule has 1 amide bonds. The molecular weight excluding hydrogens is 306 g/mol. The number of thiazole rings is 1. The van der Waals surface area contributed by atoms with Gasteiger partial charge in [0.25, 0.3) is 0 Å². The number of carbonyl (C=O) groups excluding carboxylic acids is 1. The van der Waals surface area contributed by atoms with Gasteiger partial charge >= 0.3 is 0 Å². The monoisotopic (exact) mass is 329 g/mol. The standard InChI is InChI=1S/C15H24ClN3OS/c16-9-12-11-21-15(18-12)7-3-4-8-19(10-14(17)20)13-5-1-2-6-13/h11,13H,1-10H2,(H2,17,20). The van der Waals surface area contributed by atoms with Crippen LogP contribution in [-0.4, -0.2) is 34.9 Å². The van der Waals surface area contributed by atoms with E-state index in [9.17, 15) is 4.79 Å². The molecule has 1 aromatic heterocycles. The number of carbonyl (C=O) groups is 1. The third-order valence-electron chi connectivity index (χ3n) is 4.02. The fourth-order valence-corrected chi connectivity index (χ4v) is 4.05. The molecular formula is C15H24ClN3OS. The van der Waals surface area contributed by atoms with Crippen LogP contribution in [0.25, 0.3) is 0 Å². The number of aromatic nitrogens is 1. The number of primary amides is 1. The lowest BCUT2D eigenvalue weighted by molar-refractivity contribution is -0.119. The van der Waals surface area contributed by atoms with Crippen molar-refractivity contribution in [2.75, 3.05) is 13.1 Å². The third kappa shape index (κ3) is 5.57. The quantitative estimate of drug-likeness (QED) is 0.559. The van der Waals surface area contributed by atoms with Crippen molar-refractivity contribution in [1.82, 2.24) is 9.88 Å². The maximum Gasteiger partial charge on any atom is 0.231 e. The summed E-state index contributed by atoms with van der Waals surface area (Å²) in [5, 5.41) is 3.19. The zero-order valence-electron chi connectivity index (χ0n) is 12.4. The molecule has 0 saturated heterocycles. The fraction of sp³-hybridized carbons (Fsp3) is 0.733. The maximum absolute atomic E-state index is 11.2. The molecule has 0 unspecified atom stereocenters. The van der Waals surface area contributed by atoms with Gasteiger partial charge in [-0.2, -0.15) is 0 Å². The Morgan fingerprint density at radius 1 is 1.43 bits per heavy atom. The Morgan fingerprint density at radius 3 is 2.81 bits per heavy atom. The number of hydrogen-bond donors (Lipinski definition) is 1. The smallest absolute Gasteiger partial charge is 0.231 e. The molecule has 1 aromatic rings. The number of nitrogens with zero attached hydrogens (tertiary/aromatic N) is 2. The molecule has 4 nitrogen and oxygen atoms in total. The number of nitrogens with two attached hydrogens (primary N) is 1. The second-order valence-electron chi connectivity index (χ2n) is 5.70. The molecule has 6 heteroatoms. The number of rotatable bonds is 9. The van der Waals surface area contributed by atoms with E-state index >= 15 is 0 Å². The van der Waals surface area contributed by atoms with Crippen LogP contribution in [0, 0.1) is 0 Å². The molecule has 1 aliphatic rings. The van der Waals surface area contributed by atoms with E-state index in [-0.39, 0.29) is 5.91 Å². The van der Waals surface area contributed by atoms with Crippen molar-refractivity contribution < 1.29 is 4.79 Å². The zero-order chi connectivity index (χ0) is 15.1. The van der Waals surface area contributed by atoms with E-state index in [0.717, 1.165) is 36.5 Å². The summed E-state index contributed by atoms with van der Waals surface area (Å²) in [6.45, 7) is 1.36. The molecule has 2 rings (SSSR count). The lowest BCUT2D eigenvalue weighted by atomic mass is 10.1. The van der Waals surface area contributed by atoms with Crippen molar-refractivity contribution >= 4 is 28.8 Å². The van der Waals surface area contributed by atoms with Gasteiger partial charge in [0.15, 0.2) is 0 Å². The predicted octanol–water partition coefficient (Wildman–Crippen LogP) is 2.93. The molecule has 0 spiro atoms. The number of amides is 1. The number of unbranched alkanes of at least 4 members (excludes halogenated alkanes) is 1. The van der Waals surface area contributed by atoms with Crippen LogP contribution in [0.5, 0.6) is 0 Å². The fourth-order valence-electron chi connectivity index (χ4n) is 2.98. The highest BCUT2D eigenvalue weighted by atomic mass is 35.5. The summed E-state index contributed by atoms with van der Waals surface area (Å²) in [6, 6.07) is 0.556. The van der Waals surface area contributed by atoms with Gasteiger partial charge in [-0.1, -0.05) is 12.8 Å². The van der Waals surface area contributed by atoms with Crippen LogP contribution in [0.3, 0.4) is 0 Å². The lowest BCUT2D eigenvalue weighted by Gasteiger charge is -2.27. The summed E-state index contributed by atoms with van der Waals surface area (Å²) in [5.74, 6) is 0.276. The minimum absolute atomic E-state index is 0.214. The normalized spacial score (nSPS) is 15.9. The van der Waals surface area contributed by atoms with Gasteiger partial charge < -0.3 is 5.73 Å². The van der Waals surface area contributed by atoms with E-state index in [1.54, 1.807) is 11.3 Å². The van der Waals surface area contributed by atoms with Gasteiger partial charge in [0.1, 0.15) is 0 Å². The van der Waals surface area contributed by atoms with Crippen LogP contribution < -0.4 is 5.73 Å². The minimum atomic E-state index is -0.214. The van der Waals surface area contributed by atoms with Gasteiger partial charge in [-0.25, -0.2) is 4.98 Å². The van der Waals surface area contributed by atoms with E-state index in [2.05, 4.69) is 9.88 Å². The summed E-state index contributed by atoms with van der Waals surface area (Å²) in [6.07, 6.45) is 8.14. The molecule has 1 saturated carbocycles. The Bertz CT molecular complexity index is 446. The topological polar surface area (TPSA) is 59.2 Å². The van der Waals surface area contributed by atoms with E-state index < -0.39 is 0 Å². The van der Waals surface area contributed by atoms with Crippen LogP contribution in [0.15, 0.2) is 5.38 Å². The molecule has 0 radical (unpaired) electrons. The molecule has 21 heavy (non-hydrogen) atoms. The van der Waals surface area contributed by atoms with Crippen molar-refractivity contribution in [3.05, 3.63) is 16.1 Å². The number of aryl methyl sites for hydroxylation is 1. The zero-order valence-corrected chi connectivity index (χ0v) is 14.0. The molecule has 118 valence electrons. The summed E-state index contributed by atoms with van der Waals surface area (Å²) >= 11 is 7.44. The highest BCUT2D eigenvalue weighted by Crippen LogP contribution is 2.23. The van der Waals surface area contributed by atoms with Gasteiger partial charge in [0, 0.05) is 11.4 Å². The van der Waals surface area contributed by atoms with Crippen LogP contribution in [0.2, 0.25) is 0 Å². The van der Waals surface area contributed by atoms with Crippen molar-refractivity contribution in [1.29, 1.82) is 0 Å². The Morgan fingerprint density at radius 2 is 2.19 bits per heavy atom. The highest BCUT2D eigenvalue weighted by Gasteiger charge is 2.23. The molecule has 0 aliphatic heterocycles. The average Bonchev–Trinajstić information content (AvgIpc) is 3.12. The largest absolute Gasteiger partial charge is 0.369 e. The van der Waals surface area contributed by atoms with Gasteiger partial charge in [0.2, 0.25) is 5.91 Å². The minimum Gasteiger partial charge on any atom is -0.369 e. The van der Waals surface area contributed by atoms with E-state index in [0.29, 0.717) is 18.5 Å². The predicted molar refractivity (Wildman–Crippen MR) is 87.6 cm³/mol. The molecule has 1 aliphatic carbocycles. The highest BCUT2D eigenvalue weighted by molar-refractivity contribution is 7.09. The van der Waals surface area contributed by atoms with E-state index in [1.807, 2.05) is 5.38 Å². The van der Waals surface area contributed by atoms with Crippen LogP contribution in [0.1, 0.15) is 49.2 Å². The van der Waals surface area contributed by atoms with Gasteiger partial charge in [-0.05, 0) is 38.6 Å². The van der Waals surface area contributed by atoms with Crippen molar-refractivity contribution in [3.8, 4) is 0 Å². The first kappa shape index (κ1) is 16.7. The van der Waals surface area contributed by atoms with Gasteiger partial charge in [-0.3, -0.25) is 9.69 Å². The molecule has 1 heterocycles. The van der Waals surface area contributed by atoms with E-state index in [4.69, 9.17) is 17.3 Å². The van der Waals surface area contributed by atoms with Gasteiger partial charge in [0.05, 0.1) is 23.1 Å². The third-order valence-corrected chi connectivity index (χ3v) is 5.25. The van der Waals surface area contributed by atoms with Crippen LogP contribution in [-0.2, 0) is 17.1 Å². The molecule has 0 atom stereocenters. The molecule has 0 bridgehead atoms. The van der Waals surface area contributed by atoms with E-state index in [1.165, 1.54) is 25.7 Å². The molecule has 0 aromatic carbocycles. The Labute approximate surface area is 135 Å². The maximum atomic E-state index is 11.2. The summed E-state index contributed by atoms with van der Waals surface area (Å²) < 4.78 is 0. The summed E-state index contributed by atoms with van der Waals surface area (Å²) in [7, 11) is 0. The molecule has 2 N–H and O–H groups in total. The van der Waals surface area contributed by atoms with Gasteiger partial charge in [-0.15, -0.1) is 22.9 Å². The van der Waals surface area contributed by atoms with Crippen molar-refractivity contribution in [3.63, 3.8) is 0 Å². The number of alkyl halides is 1. The second kappa shape index (κ2) is 8.71. The number of hydrogen-bond acceptors (Lipinski definition) is 4. The second-order valence-corrected chi connectivity index (χ2v) is 6.91. The van der Waals surface area contributed by atoms with Crippen LogP contribution in [0.4, 0.5) is 0 Å². The Hall–Kier alpha value is -0.650. The van der Waals surface area contributed by atoms with Crippen molar-refractivity contribution in [2.24, 2.45) is 5.73 Å². The number of halogens is 1. The Kier molecular flexibility index (Phi) is 6.93. The SMILES string of the molecule is NC(=O)CN(CCCCc1nc(CCl)cs1)C1CCCC1. The first-order valence-electron chi connectivity index (χ1n) is 7.70. The summed E-state index contributed by atoms with van der Waals surface area (Å²) in [4.78, 5) is 18.0. The Balaban J connectivity index is 1.72. The first-order valence-corrected chi connectivity index (χ1v) is 9.12. The average molecular weight is 330 g/mol. The first-order chi connectivity index (χ1) is 10.2. The van der Waals surface area contributed by atoms with Crippen molar-refractivity contribution in [2.45, 2.75) is 56.9 Å². The summed E-state index contributed by atoms with van der Waals surface area (Å²) in [5.41, 5.74) is 6.34.